The van der Waals surface area contributed by atoms with Crippen molar-refractivity contribution in [2.24, 2.45) is 5.73 Å². The molecule has 25 heavy (non-hydrogen) atoms. The van der Waals surface area contributed by atoms with E-state index in [9.17, 15) is 4.79 Å². The Hall–Kier alpha value is -3.28. The largest absolute Gasteiger partial charge is 0.493 e. The zero-order chi connectivity index (χ0) is 18.0. The van der Waals surface area contributed by atoms with Crippen molar-refractivity contribution < 1.29 is 14.3 Å². The lowest BCUT2D eigenvalue weighted by atomic mass is 10.1. The van der Waals surface area contributed by atoms with E-state index < -0.39 is 5.91 Å². The molecule has 6 heteroatoms. The van der Waals surface area contributed by atoms with Crippen LogP contribution in [-0.2, 0) is 4.79 Å². The number of nitrogens with two attached hydrogens (primary N) is 1. The van der Waals surface area contributed by atoms with E-state index in [4.69, 9.17) is 20.2 Å². The number of aryl methyl sites for hydroxylation is 1. The molecule has 2 N–H and O–H groups in total. The number of carbonyl (C=O) groups is 1. The Morgan fingerprint density at radius 3 is 2.60 bits per heavy atom. The molecule has 2 aromatic heterocycles. The lowest BCUT2D eigenvalue weighted by Crippen LogP contribution is -2.05. The number of imidazole rings is 1. The lowest BCUT2D eigenvalue weighted by molar-refractivity contribution is -0.113. The van der Waals surface area contributed by atoms with Crippen LogP contribution in [0.15, 0.2) is 42.6 Å². The number of aromatic nitrogens is 2. The molecule has 128 valence electrons. The molecule has 0 aliphatic heterocycles. The van der Waals surface area contributed by atoms with Crippen LogP contribution in [0.3, 0.4) is 0 Å². The molecule has 3 aromatic rings. The normalized spacial score (nSPS) is 11.2. The molecule has 2 heterocycles. The van der Waals surface area contributed by atoms with Gasteiger partial charge in [0.2, 0.25) is 5.91 Å². The number of primary amides is 1. The Bertz CT molecular complexity index is 973. The van der Waals surface area contributed by atoms with Gasteiger partial charge in [-0.15, -0.1) is 0 Å². The maximum atomic E-state index is 11.2. The lowest BCUT2D eigenvalue weighted by Gasteiger charge is -2.09. The van der Waals surface area contributed by atoms with Crippen LogP contribution in [0.5, 0.6) is 11.5 Å². The second-order valence-corrected chi connectivity index (χ2v) is 5.59. The summed E-state index contributed by atoms with van der Waals surface area (Å²) < 4.78 is 12.6. The van der Waals surface area contributed by atoms with Crippen molar-refractivity contribution in [3.8, 4) is 22.8 Å². The average Bonchev–Trinajstić information content (AvgIpc) is 2.96. The van der Waals surface area contributed by atoms with Crippen LogP contribution in [0.2, 0.25) is 0 Å². The predicted molar refractivity (Wildman–Crippen MR) is 96.7 cm³/mol. The number of pyridine rings is 1. The first kappa shape index (κ1) is 16.6. The molecule has 0 atom stereocenters. The summed E-state index contributed by atoms with van der Waals surface area (Å²) in [5.74, 6) is 0.735. The van der Waals surface area contributed by atoms with E-state index in [-0.39, 0.29) is 0 Å². The van der Waals surface area contributed by atoms with Crippen LogP contribution < -0.4 is 15.2 Å². The smallest absolute Gasteiger partial charge is 0.241 e. The Morgan fingerprint density at radius 2 is 1.92 bits per heavy atom. The highest BCUT2D eigenvalue weighted by Crippen LogP contribution is 2.34. The third kappa shape index (κ3) is 3.19. The zero-order valence-electron chi connectivity index (χ0n) is 14.3. The molecule has 1 aromatic carbocycles. The van der Waals surface area contributed by atoms with Gasteiger partial charge >= 0.3 is 0 Å². The van der Waals surface area contributed by atoms with Crippen molar-refractivity contribution in [1.29, 1.82) is 0 Å². The molecule has 0 spiro atoms. The maximum Gasteiger partial charge on any atom is 0.241 e. The Balaban J connectivity index is 2.24. The SMILES string of the molecule is COc1ccc(-c2nc3ccc(C)cn3c2/C=C\C(N)=O)cc1OC. The summed E-state index contributed by atoms with van der Waals surface area (Å²) in [7, 11) is 3.18. The van der Waals surface area contributed by atoms with E-state index >= 15 is 0 Å². The molecule has 6 nitrogen and oxygen atoms in total. The maximum absolute atomic E-state index is 11.2. The highest BCUT2D eigenvalue weighted by atomic mass is 16.5. The van der Waals surface area contributed by atoms with E-state index in [1.807, 2.05) is 47.9 Å². The fourth-order valence-electron chi connectivity index (χ4n) is 2.69. The van der Waals surface area contributed by atoms with Crippen LogP contribution in [0.4, 0.5) is 0 Å². The van der Waals surface area contributed by atoms with Crippen molar-refractivity contribution in [2.45, 2.75) is 6.92 Å². The molecule has 0 fully saturated rings. The predicted octanol–water partition coefficient (Wildman–Crippen LogP) is 2.83. The summed E-state index contributed by atoms with van der Waals surface area (Å²) in [6, 6.07) is 9.50. The van der Waals surface area contributed by atoms with E-state index in [0.717, 1.165) is 28.2 Å². The first-order valence-corrected chi connectivity index (χ1v) is 7.72. The second kappa shape index (κ2) is 6.68. The first-order chi connectivity index (χ1) is 12.0. The Labute approximate surface area is 145 Å². The molecule has 0 saturated carbocycles. The van der Waals surface area contributed by atoms with E-state index in [0.29, 0.717) is 11.5 Å². The van der Waals surface area contributed by atoms with Gasteiger partial charge in [-0.2, -0.15) is 0 Å². The number of benzene rings is 1. The minimum atomic E-state index is -0.513. The van der Waals surface area contributed by atoms with E-state index in [1.54, 1.807) is 20.3 Å². The molecule has 3 rings (SSSR count). The number of amides is 1. The molecular weight excluding hydrogens is 318 g/mol. The van der Waals surface area contributed by atoms with Gasteiger partial charge in [0.1, 0.15) is 5.65 Å². The van der Waals surface area contributed by atoms with Gasteiger partial charge in [-0.25, -0.2) is 4.98 Å². The van der Waals surface area contributed by atoms with E-state index in [1.165, 1.54) is 6.08 Å². The van der Waals surface area contributed by atoms with Crippen LogP contribution in [0.1, 0.15) is 11.3 Å². The number of hydrogen-bond acceptors (Lipinski definition) is 4. The average molecular weight is 337 g/mol. The van der Waals surface area contributed by atoms with Crippen molar-refractivity contribution in [1.82, 2.24) is 9.38 Å². The van der Waals surface area contributed by atoms with E-state index in [2.05, 4.69) is 0 Å². The van der Waals surface area contributed by atoms with Gasteiger partial charge in [-0.1, -0.05) is 6.07 Å². The van der Waals surface area contributed by atoms with Crippen LogP contribution in [0.25, 0.3) is 23.0 Å². The highest BCUT2D eigenvalue weighted by Gasteiger charge is 2.15. The van der Waals surface area contributed by atoms with Gasteiger partial charge < -0.3 is 15.2 Å². The molecule has 0 radical (unpaired) electrons. The second-order valence-electron chi connectivity index (χ2n) is 5.59. The van der Waals surface area contributed by atoms with Crippen molar-refractivity contribution in [3.63, 3.8) is 0 Å². The van der Waals surface area contributed by atoms with Gasteiger partial charge in [0.25, 0.3) is 0 Å². The number of rotatable bonds is 5. The fourth-order valence-corrected chi connectivity index (χ4v) is 2.69. The monoisotopic (exact) mass is 337 g/mol. The van der Waals surface area contributed by atoms with Gasteiger partial charge in [-0.05, 0) is 42.8 Å². The molecule has 0 unspecified atom stereocenters. The summed E-state index contributed by atoms with van der Waals surface area (Å²) in [6.45, 7) is 2.00. The number of fused-ring (bicyclic) bond motifs is 1. The quantitative estimate of drug-likeness (QED) is 0.726. The highest BCUT2D eigenvalue weighted by molar-refractivity contribution is 5.91. The van der Waals surface area contributed by atoms with Gasteiger partial charge in [0.15, 0.2) is 11.5 Å². The number of methoxy groups -OCH3 is 2. The summed E-state index contributed by atoms with van der Waals surface area (Å²) in [5.41, 5.74) is 9.47. The van der Waals surface area contributed by atoms with Gasteiger partial charge in [0.05, 0.1) is 25.6 Å². The standard InChI is InChI=1S/C19H19N3O3/c1-12-4-9-18-21-19(14(22(18)11-12)6-8-17(20)23)13-5-7-15(24-2)16(10-13)25-3/h4-11H,1-3H3,(H2,20,23)/b8-6-. The number of ether oxygens (including phenoxy) is 2. The van der Waals surface area contributed by atoms with Crippen LogP contribution in [0, 0.1) is 6.92 Å². The molecule has 0 aliphatic rings. The topological polar surface area (TPSA) is 78.9 Å². The fraction of sp³-hybridized carbons (Fsp3) is 0.158. The van der Waals surface area contributed by atoms with Crippen molar-refractivity contribution in [3.05, 3.63) is 53.9 Å². The molecular formula is C19H19N3O3. The molecule has 0 saturated heterocycles. The van der Waals surface area contributed by atoms with Gasteiger partial charge in [0, 0.05) is 17.8 Å². The Morgan fingerprint density at radius 1 is 1.16 bits per heavy atom. The molecule has 0 aliphatic carbocycles. The summed E-state index contributed by atoms with van der Waals surface area (Å²) >= 11 is 0. The van der Waals surface area contributed by atoms with Gasteiger partial charge in [-0.3, -0.25) is 9.20 Å². The minimum absolute atomic E-state index is 0.513. The first-order valence-electron chi connectivity index (χ1n) is 7.72. The van der Waals surface area contributed by atoms with Crippen LogP contribution >= 0.6 is 0 Å². The summed E-state index contributed by atoms with van der Waals surface area (Å²) in [5, 5.41) is 0. The van der Waals surface area contributed by atoms with Crippen molar-refractivity contribution in [2.75, 3.05) is 14.2 Å². The Kier molecular flexibility index (Phi) is 4.43. The zero-order valence-corrected chi connectivity index (χ0v) is 14.3. The summed E-state index contributed by atoms with van der Waals surface area (Å²) in [4.78, 5) is 15.9. The third-order valence-corrected chi connectivity index (χ3v) is 3.87. The van der Waals surface area contributed by atoms with Crippen molar-refractivity contribution >= 4 is 17.6 Å². The molecule has 0 bridgehead atoms. The number of hydrogen-bond donors (Lipinski definition) is 1. The number of carbonyl (C=O) groups excluding carboxylic acids is 1. The van der Waals surface area contributed by atoms with Crippen LogP contribution in [-0.4, -0.2) is 29.5 Å². The number of nitrogens with zero attached hydrogens (tertiary/aromatic N) is 2. The minimum Gasteiger partial charge on any atom is -0.493 e. The third-order valence-electron chi connectivity index (χ3n) is 3.87. The summed E-state index contributed by atoms with van der Waals surface area (Å²) in [6.07, 6.45) is 4.97. The molecule has 1 amide bonds.